The molecule has 0 bridgehead atoms. The van der Waals surface area contributed by atoms with Crippen LogP contribution in [0.5, 0.6) is 0 Å². The molecule has 0 aliphatic heterocycles. The van der Waals surface area contributed by atoms with Crippen molar-refractivity contribution in [2.24, 2.45) is 0 Å². The number of aliphatic hydroxyl groups is 1. The Balaban J connectivity index is 2.40. The summed E-state index contributed by atoms with van der Waals surface area (Å²) < 4.78 is 11.5. The number of nitrogens with zero attached hydrogens (tertiary/aromatic N) is 1. The molecule has 0 aliphatic rings. The first-order valence-electron chi connectivity index (χ1n) is 4.24. The van der Waals surface area contributed by atoms with Gasteiger partial charge < -0.3 is 5.11 Å². The van der Waals surface area contributed by atoms with E-state index in [1.807, 2.05) is 0 Å². The van der Waals surface area contributed by atoms with E-state index in [9.17, 15) is 4.21 Å². The second kappa shape index (κ2) is 5.83. The first kappa shape index (κ1) is 10.3. The van der Waals surface area contributed by atoms with Gasteiger partial charge in [-0.15, -0.1) is 0 Å². The average Bonchev–Trinajstić information content (AvgIpc) is 2.19. The summed E-state index contributed by atoms with van der Waals surface area (Å²) in [6, 6.07) is 3.52. The van der Waals surface area contributed by atoms with E-state index >= 15 is 0 Å². The van der Waals surface area contributed by atoms with Gasteiger partial charge in [0.1, 0.15) is 0 Å². The molecule has 4 heteroatoms. The maximum atomic E-state index is 11.5. The second-order valence-electron chi connectivity index (χ2n) is 2.66. The first-order chi connectivity index (χ1) is 6.34. The maximum absolute atomic E-state index is 11.5. The number of hydrogen-bond acceptors (Lipinski definition) is 3. The highest BCUT2D eigenvalue weighted by molar-refractivity contribution is 7.85. The number of unbranched alkanes of at least 4 members (excludes halogenated alkanes) is 1. The lowest BCUT2D eigenvalue weighted by atomic mass is 10.4. The van der Waals surface area contributed by atoms with E-state index in [-0.39, 0.29) is 6.61 Å². The summed E-state index contributed by atoms with van der Waals surface area (Å²) in [7, 11) is -0.936. The highest BCUT2D eigenvalue weighted by atomic mass is 32.2. The van der Waals surface area contributed by atoms with Gasteiger partial charge in [0.2, 0.25) is 0 Å². The molecular formula is C9H13NO2S. The van der Waals surface area contributed by atoms with Crippen LogP contribution in [0.1, 0.15) is 12.8 Å². The van der Waals surface area contributed by atoms with Crippen LogP contribution in [-0.4, -0.2) is 26.7 Å². The van der Waals surface area contributed by atoms with Crippen LogP contribution < -0.4 is 0 Å². The molecule has 0 amide bonds. The van der Waals surface area contributed by atoms with E-state index in [0.29, 0.717) is 5.75 Å². The van der Waals surface area contributed by atoms with E-state index in [1.165, 1.54) is 0 Å². The molecular weight excluding hydrogens is 186 g/mol. The summed E-state index contributed by atoms with van der Waals surface area (Å²) >= 11 is 0. The van der Waals surface area contributed by atoms with Crippen molar-refractivity contribution in [2.75, 3.05) is 12.4 Å². The van der Waals surface area contributed by atoms with Crippen LogP contribution >= 0.6 is 0 Å². The van der Waals surface area contributed by atoms with E-state index in [2.05, 4.69) is 4.98 Å². The molecule has 3 nitrogen and oxygen atoms in total. The Morgan fingerprint density at radius 2 is 2.00 bits per heavy atom. The van der Waals surface area contributed by atoms with Gasteiger partial charge in [0.05, 0.1) is 10.8 Å². The number of aromatic nitrogens is 1. The fourth-order valence-corrected chi connectivity index (χ4v) is 2.08. The van der Waals surface area contributed by atoms with Gasteiger partial charge in [-0.25, -0.2) is 0 Å². The predicted octanol–water partition coefficient (Wildman–Crippen LogP) is 0.962. The van der Waals surface area contributed by atoms with E-state index in [0.717, 1.165) is 17.7 Å². The Bertz CT molecular complexity index is 264. The monoisotopic (exact) mass is 199 g/mol. The average molecular weight is 199 g/mol. The number of aliphatic hydroxyl groups excluding tert-OH is 1. The van der Waals surface area contributed by atoms with Gasteiger partial charge in [0.25, 0.3) is 0 Å². The Labute approximate surface area is 80.3 Å². The van der Waals surface area contributed by atoms with Crippen molar-refractivity contribution in [2.45, 2.75) is 17.7 Å². The van der Waals surface area contributed by atoms with Gasteiger partial charge in [0.15, 0.2) is 0 Å². The number of hydrogen-bond donors (Lipinski definition) is 1. The van der Waals surface area contributed by atoms with E-state index in [4.69, 9.17) is 5.11 Å². The van der Waals surface area contributed by atoms with Gasteiger partial charge in [-0.3, -0.25) is 9.19 Å². The SMILES string of the molecule is O=S(CCCCO)c1ccncc1. The van der Waals surface area contributed by atoms with Gasteiger partial charge >= 0.3 is 0 Å². The van der Waals surface area contributed by atoms with Crippen LogP contribution in [-0.2, 0) is 10.8 Å². The highest BCUT2D eigenvalue weighted by Gasteiger charge is 2.01. The summed E-state index contributed by atoms with van der Waals surface area (Å²) in [6.07, 6.45) is 4.79. The zero-order chi connectivity index (χ0) is 9.52. The molecule has 1 atom stereocenters. The van der Waals surface area contributed by atoms with Gasteiger partial charge in [-0.05, 0) is 25.0 Å². The number of rotatable bonds is 5. The van der Waals surface area contributed by atoms with Gasteiger partial charge in [-0.1, -0.05) is 0 Å². The molecule has 1 unspecified atom stereocenters. The molecule has 1 aromatic rings. The van der Waals surface area contributed by atoms with Crippen molar-refractivity contribution < 1.29 is 9.32 Å². The van der Waals surface area contributed by atoms with Crippen molar-refractivity contribution in [1.82, 2.24) is 4.98 Å². The summed E-state index contributed by atoms with van der Waals surface area (Å²) in [5.41, 5.74) is 0. The summed E-state index contributed by atoms with van der Waals surface area (Å²) in [5.74, 6) is 0.616. The molecule has 1 heterocycles. The highest BCUT2D eigenvalue weighted by Crippen LogP contribution is 2.05. The molecule has 1 rings (SSSR count). The lowest BCUT2D eigenvalue weighted by molar-refractivity contribution is 0.287. The Kier molecular flexibility index (Phi) is 4.64. The third-order valence-corrected chi connectivity index (χ3v) is 3.11. The first-order valence-corrected chi connectivity index (χ1v) is 5.56. The van der Waals surface area contributed by atoms with E-state index in [1.54, 1.807) is 24.5 Å². The van der Waals surface area contributed by atoms with Crippen LogP contribution in [0.4, 0.5) is 0 Å². The zero-order valence-electron chi connectivity index (χ0n) is 7.35. The lowest BCUT2D eigenvalue weighted by Crippen LogP contribution is -1.99. The summed E-state index contributed by atoms with van der Waals surface area (Å²) in [5, 5.41) is 8.54. The normalized spacial score (nSPS) is 12.7. The molecule has 0 radical (unpaired) electrons. The minimum atomic E-state index is -0.936. The van der Waals surface area contributed by atoms with Crippen LogP contribution in [0.2, 0.25) is 0 Å². The third-order valence-electron chi connectivity index (χ3n) is 1.65. The van der Waals surface area contributed by atoms with Crippen molar-refractivity contribution >= 4 is 10.8 Å². The topological polar surface area (TPSA) is 50.2 Å². The molecule has 0 saturated carbocycles. The minimum Gasteiger partial charge on any atom is -0.396 e. The Morgan fingerprint density at radius 1 is 1.31 bits per heavy atom. The van der Waals surface area contributed by atoms with Gasteiger partial charge in [0, 0.05) is 29.6 Å². The largest absolute Gasteiger partial charge is 0.396 e. The molecule has 1 aromatic heterocycles. The van der Waals surface area contributed by atoms with Gasteiger partial charge in [-0.2, -0.15) is 0 Å². The Morgan fingerprint density at radius 3 is 2.62 bits per heavy atom. The zero-order valence-corrected chi connectivity index (χ0v) is 8.17. The molecule has 1 N–H and O–H groups in total. The van der Waals surface area contributed by atoms with Crippen LogP contribution in [0.15, 0.2) is 29.4 Å². The van der Waals surface area contributed by atoms with Crippen molar-refractivity contribution in [3.8, 4) is 0 Å². The lowest BCUT2D eigenvalue weighted by Gasteiger charge is -1.99. The van der Waals surface area contributed by atoms with Crippen LogP contribution in [0.3, 0.4) is 0 Å². The molecule has 72 valence electrons. The fraction of sp³-hybridized carbons (Fsp3) is 0.444. The quantitative estimate of drug-likeness (QED) is 0.719. The Hall–Kier alpha value is -0.740. The summed E-state index contributed by atoms with van der Waals surface area (Å²) in [6.45, 7) is 0.174. The van der Waals surface area contributed by atoms with Crippen molar-refractivity contribution in [3.05, 3.63) is 24.5 Å². The minimum absolute atomic E-state index is 0.174. The standard InChI is InChI=1S/C9H13NO2S/c11-7-1-2-8-13(12)9-3-5-10-6-4-9/h3-6,11H,1-2,7-8H2. The molecule has 13 heavy (non-hydrogen) atoms. The fourth-order valence-electron chi connectivity index (χ4n) is 0.953. The van der Waals surface area contributed by atoms with Crippen molar-refractivity contribution in [3.63, 3.8) is 0 Å². The number of pyridine rings is 1. The predicted molar refractivity (Wildman–Crippen MR) is 51.8 cm³/mol. The summed E-state index contributed by atoms with van der Waals surface area (Å²) in [4.78, 5) is 4.66. The van der Waals surface area contributed by atoms with Crippen LogP contribution in [0, 0.1) is 0 Å². The second-order valence-corrected chi connectivity index (χ2v) is 4.23. The third kappa shape index (κ3) is 3.65. The smallest absolute Gasteiger partial charge is 0.0530 e. The molecule has 0 spiro atoms. The molecule has 0 aliphatic carbocycles. The molecule has 0 aromatic carbocycles. The van der Waals surface area contributed by atoms with Crippen molar-refractivity contribution in [1.29, 1.82) is 0 Å². The molecule has 0 fully saturated rings. The molecule has 0 saturated heterocycles. The van der Waals surface area contributed by atoms with E-state index < -0.39 is 10.8 Å². The van der Waals surface area contributed by atoms with Crippen LogP contribution in [0.25, 0.3) is 0 Å². The maximum Gasteiger partial charge on any atom is 0.0530 e.